The molecule has 0 aliphatic heterocycles. The Hall–Kier alpha value is -1.97. The number of carbonyl (C=O) groups is 1. The number of carbonyl (C=O) groups excluding carboxylic acids is 1. The van der Waals surface area contributed by atoms with Gasteiger partial charge >= 0.3 is 5.97 Å². The quantitative estimate of drug-likeness (QED) is 0.705. The topological polar surface area (TPSA) is 52.1 Å². The summed E-state index contributed by atoms with van der Waals surface area (Å²) in [5.74, 6) is -0.352. The minimum atomic E-state index is -0.352. The van der Waals surface area contributed by atoms with Crippen LogP contribution in [0.2, 0.25) is 0 Å². The van der Waals surface area contributed by atoms with Gasteiger partial charge in [-0.05, 0) is 38.5 Å². The van der Waals surface area contributed by atoms with Crippen molar-refractivity contribution >= 4 is 17.0 Å². The number of hydrogen-bond acceptors (Lipinski definition) is 4. The second-order valence-corrected chi connectivity index (χ2v) is 4.05. The first kappa shape index (κ1) is 11.5. The zero-order chi connectivity index (χ0) is 12.6. The Labute approximate surface area is 99.7 Å². The van der Waals surface area contributed by atoms with Crippen LogP contribution in [-0.2, 0) is 4.74 Å². The third-order valence-electron chi connectivity index (χ3n) is 2.79. The fraction of sp³-hybridized carbons (Fsp3) is 0.308. The highest BCUT2D eigenvalue weighted by Crippen LogP contribution is 2.19. The second kappa shape index (κ2) is 4.13. The maximum atomic E-state index is 11.5. The van der Waals surface area contributed by atoms with Crippen molar-refractivity contribution in [1.82, 2.24) is 9.97 Å². The molecule has 0 radical (unpaired) electrons. The van der Waals surface area contributed by atoms with Gasteiger partial charge in [-0.15, -0.1) is 0 Å². The van der Waals surface area contributed by atoms with E-state index >= 15 is 0 Å². The summed E-state index contributed by atoms with van der Waals surface area (Å²) in [6, 6.07) is 3.49. The highest BCUT2D eigenvalue weighted by atomic mass is 16.5. The molecule has 4 nitrogen and oxygen atoms in total. The van der Waals surface area contributed by atoms with Gasteiger partial charge in [0.05, 0.1) is 35.1 Å². The van der Waals surface area contributed by atoms with Gasteiger partial charge in [0.2, 0.25) is 0 Å². The maximum Gasteiger partial charge on any atom is 0.337 e. The van der Waals surface area contributed by atoms with Crippen molar-refractivity contribution < 1.29 is 9.53 Å². The summed E-state index contributed by atoms with van der Waals surface area (Å²) in [6.45, 7) is 5.75. The number of ether oxygens (including phenoxy) is 1. The number of fused-ring (bicyclic) bond motifs is 1. The van der Waals surface area contributed by atoms with Crippen LogP contribution < -0.4 is 0 Å². The van der Waals surface area contributed by atoms with Crippen LogP contribution >= 0.6 is 0 Å². The molecule has 0 unspecified atom stereocenters. The Morgan fingerprint density at radius 3 is 2.41 bits per heavy atom. The molecule has 2 rings (SSSR count). The van der Waals surface area contributed by atoms with Gasteiger partial charge in [-0.1, -0.05) is 0 Å². The lowest BCUT2D eigenvalue weighted by Gasteiger charge is -2.07. The van der Waals surface area contributed by atoms with Crippen LogP contribution in [0.15, 0.2) is 12.1 Å². The molecule has 0 aliphatic rings. The van der Waals surface area contributed by atoms with Crippen molar-refractivity contribution in [3.05, 3.63) is 34.6 Å². The molecule has 1 aromatic heterocycles. The van der Waals surface area contributed by atoms with Crippen LogP contribution in [0, 0.1) is 20.8 Å². The predicted octanol–water partition coefficient (Wildman–Crippen LogP) is 2.34. The Bertz CT molecular complexity index is 606. The van der Waals surface area contributed by atoms with Crippen LogP contribution in [-0.4, -0.2) is 23.0 Å². The lowest BCUT2D eigenvalue weighted by molar-refractivity contribution is 0.0601. The predicted molar refractivity (Wildman–Crippen MR) is 65.1 cm³/mol. The number of aryl methyl sites for hydroxylation is 3. The van der Waals surface area contributed by atoms with Gasteiger partial charge in [0.1, 0.15) is 0 Å². The van der Waals surface area contributed by atoms with E-state index in [1.54, 1.807) is 12.1 Å². The third kappa shape index (κ3) is 1.98. The van der Waals surface area contributed by atoms with Gasteiger partial charge < -0.3 is 4.74 Å². The van der Waals surface area contributed by atoms with E-state index in [1.165, 1.54) is 7.11 Å². The van der Waals surface area contributed by atoms with E-state index in [-0.39, 0.29) is 5.97 Å². The molecule has 0 atom stereocenters. The summed E-state index contributed by atoms with van der Waals surface area (Å²) in [4.78, 5) is 20.4. The maximum absolute atomic E-state index is 11.5. The van der Waals surface area contributed by atoms with Crippen molar-refractivity contribution in [1.29, 1.82) is 0 Å². The molecular formula is C13H14N2O2. The molecule has 0 fully saturated rings. The lowest BCUT2D eigenvalue weighted by Crippen LogP contribution is -2.03. The lowest BCUT2D eigenvalue weighted by atomic mass is 10.1. The van der Waals surface area contributed by atoms with Crippen LogP contribution in [0.4, 0.5) is 0 Å². The number of rotatable bonds is 1. The van der Waals surface area contributed by atoms with Gasteiger partial charge in [0.25, 0.3) is 0 Å². The number of hydrogen-bond donors (Lipinski definition) is 0. The second-order valence-electron chi connectivity index (χ2n) is 4.05. The van der Waals surface area contributed by atoms with Crippen LogP contribution in [0.5, 0.6) is 0 Å². The fourth-order valence-electron chi connectivity index (χ4n) is 1.74. The minimum absolute atomic E-state index is 0.352. The number of methoxy groups -OCH3 is 1. The molecule has 17 heavy (non-hydrogen) atoms. The molecule has 0 saturated carbocycles. The molecule has 88 valence electrons. The first-order valence-electron chi connectivity index (χ1n) is 5.37. The smallest absolute Gasteiger partial charge is 0.337 e. The average Bonchev–Trinajstić information content (AvgIpc) is 2.30. The molecule has 0 saturated heterocycles. The van der Waals surface area contributed by atoms with Crippen molar-refractivity contribution in [2.24, 2.45) is 0 Å². The largest absolute Gasteiger partial charge is 0.465 e. The summed E-state index contributed by atoms with van der Waals surface area (Å²) in [7, 11) is 1.37. The van der Waals surface area contributed by atoms with E-state index in [0.29, 0.717) is 5.56 Å². The van der Waals surface area contributed by atoms with Gasteiger partial charge in [0, 0.05) is 0 Å². The Morgan fingerprint density at radius 1 is 1.12 bits per heavy atom. The number of nitrogens with zero attached hydrogens (tertiary/aromatic N) is 2. The Kier molecular flexibility index (Phi) is 2.79. The van der Waals surface area contributed by atoms with E-state index in [1.807, 2.05) is 20.8 Å². The van der Waals surface area contributed by atoms with Gasteiger partial charge in [-0.2, -0.15) is 0 Å². The minimum Gasteiger partial charge on any atom is -0.465 e. The monoisotopic (exact) mass is 230 g/mol. The standard InChI is InChI=1S/C13H14N2O2/c1-7-5-10(13(16)17-4)6-11-12(7)15-9(3)8(2)14-11/h5-6H,1-4H3. The summed E-state index contributed by atoms with van der Waals surface area (Å²) in [5.41, 5.74) is 4.79. The first-order chi connectivity index (χ1) is 8.02. The highest BCUT2D eigenvalue weighted by Gasteiger charge is 2.11. The zero-order valence-electron chi connectivity index (χ0n) is 10.4. The molecule has 2 aromatic rings. The summed E-state index contributed by atoms with van der Waals surface area (Å²) in [6.07, 6.45) is 0. The van der Waals surface area contributed by atoms with Crippen LogP contribution in [0.3, 0.4) is 0 Å². The number of aromatic nitrogens is 2. The van der Waals surface area contributed by atoms with E-state index < -0.39 is 0 Å². The molecule has 0 aliphatic carbocycles. The SMILES string of the molecule is COC(=O)c1cc(C)c2nc(C)c(C)nc2c1. The molecule has 0 N–H and O–H groups in total. The molecule has 4 heteroatoms. The van der Waals surface area contributed by atoms with Gasteiger partial charge in [-0.25, -0.2) is 14.8 Å². The third-order valence-corrected chi connectivity index (χ3v) is 2.79. The fourth-order valence-corrected chi connectivity index (χ4v) is 1.74. The van der Waals surface area contributed by atoms with Crippen LogP contribution in [0.25, 0.3) is 11.0 Å². The van der Waals surface area contributed by atoms with Crippen molar-refractivity contribution in [2.75, 3.05) is 7.11 Å². The van der Waals surface area contributed by atoms with Crippen molar-refractivity contribution in [3.63, 3.8) is 0 Å². The van der Waals surface area contributed by atoms with Crippen molar-refractivity contribution in [2.45, 2.75) is 20.8 Å². The van der Waals surface area contributed by atoms with Crippen molar-refractivity contribution in [3.8, 4) is 0 Å². The highest BCUT2D eigenvalue weighted by molar-refractivity contribution is 5.94. The molecule has 0 spiro atoms. The first-order valence-corrected chi connectivity index (χ1v) is 5.37. The summed E-state index contributed by atoms with van der Waals surface area (Å²) >= 11 is 0. The summed E-state index contributed by atoms with van der Waals surface area (Å²) in [5, 5.41) is 0. The Morgan fingerprint density at radius 2 is 1.76 bits per heavy atom. The van der Waals surface area contributed by atoms with Crippen LogP contribution in [0.1, 0.15) is 27.3 Å². The van der Waals surface area contributed by atoms with Gasteiger partial charge in [0.15, 0.2) is 0 Å². The number of esters is 1. The molecule has 0 amide bonds. The average molecular weight is 230 g/mol. The normalized spacial score (nSPS) is 10.6. The summed E-state index contributed by atoms with van der Waals surface area (Å²) < 4.78 is 4.71. The molecule has 1 heterocycles. The van der Waals surface area contributed by atoms with E-state index in [9.17, 15) is 4.79 Å². The molecular weight excluding hydrogens is 216 g/mol. The van der Waals surface area contributed by atoms with E-state index in [2.05, 4.69) is 9.97 Å². The molecule has 1 aromatic carbocycles. The van der Waals surface area contributed by atoms with Gasteiger partial charge in [-0.3, -0.25) is 0 Å². The molecule has 0 bridgehead atoms. The van der Waals surface area contributed by atoms with E-state index in [4.69, 9.17) is 4.74 Å². The Balaban J connectivity index is 2.73. The zero-order valence-corrected chi connectivity index (χ0v) is 10.4. The number of benzene rings is 1. The van der Waals surface area contributed by atoms with E-state index in [0.717, 1.165) is 28.0 Å².